The molecule has 0 spiro atoms. The van der Waals surface area contributed by atoms with E-state index in [1.807, 2.05) is 34.9 Å². The monoisotopic (exact) mass is 336 g/mol. The molecule has 24 heavy (non-hydrogen) atoms. The lowest BCUT2D eigenvalue weighted by Gasteiger charge is -2.02. The molecule has 1 aliphatic rings. The van der Waals surface area contributed by atoms with Gasteiger partial charge < -0.3 is 9.88 Å². The van der Waals surface area contributed by atoms with Gasteiger partial charge in [0.25, 0.3) is 5.91 Å². The highest BCUT2D eigenvalue weighted by Gasteiger charge is 2.23. The highest BCUT2D eigenvalue weighted by Crippen LogP contribution is 2.30. The topological polar surface area (TPSA) is 88.5 Å². The molecule has 1 amide bonds. The second kappa shape index (κ2) is 5.86. The van der Waals surface area contributed by atoms with Crippen molar-refractivity contribution >= 4 is 23.5 Å². The number of para-hydroxylation sites is 1. The summed E-state index contributed by atoms with van der Waals surface area (Å²) in [6.45, 7) is 0.734. The smallest absolute Gasteiger partial charge is 0.260 e. The molecule has 7 nitrogen and oxygen atoms in total. The first-order valence-electron chi connectivity index (χ1n) is 7.31. The molecule has 3 heterocycles. The summed E-state index contributed by atoms with van der Waals surface area (Å²) in [6.07, 6.45) is 3.14. The summed E-state index contributed by atoms with van der Waals surface area (Å²) < 4.78 is 3.46. The molecule has 0 saturated heterocycles. The number of nitrogens with zero attached hydrogens (tertiary/aromatic N) is 5. The lowest BCUT2D eigenvalue weighted by molar-refractivity contribution is 0.102. The number of aromatic nitrogens is 4. The van der Waals surface area contributed by atoms with Crippen LogP contribution in [-0.4, -0.2) is 31.0 Å². The van der Waals surface area contributed by atoms with Gasteiger partial charge in [0.05, 0.1) is 17.4 Å². The van der Waals surface area contributed by atoms with E-state index >= 15 is 0 Å². The van der Waals surface area contributed by atoms with Gasteiger partial charge in [0.1, 0.15) is 6.07 Å². The van der Waals surface area contributed by atoms with Gasteiger partial charge in [-0.3, -0.25) is 4.79 Å². The van der Waals surface area contributed by atoms with Gasteiger partial charge in [0, 0.05) is 18.5 Å². The van der Waals surface area contributed by atoms with E-state index in [0.29, 0.717) is 17.1 Å². The molecule has 118 valence electrons. The van der Waals surface area contributed by atoms with Crippen molar-refractivity contribution in [2.45, 2.75) is 11.7 Å². The van der Waals surface area contributed by atoms with Crippen LogP contribution in [0.15, 0.2) is 47.9 Å². The van der Waals surface area contributed by atoms with Crippen LogP contribution in [0.2, 0.25) is 0 Å². The van der Waals surface area contributed by atoms with Crippen LogP contribution in [0.5, 0.6) is 0 Å². The molecule has 2 aromatic heterocycles. The lowest BCUT2D eigenvalue weighted by Crippen LogP contribution is -2.13. The third kappa shape index (κ3) is 2.45. The van der Waals surface area contributed by atoms with Crippen LogP contribution < -0.4 is 5.32 Å². The SMILES string of the molecule is N#Cc1c(NC(=O)c2cnn(-c3ccccc3)c2)nc2n1CCS2. The number of nitrogens with one attached hydrogen (secondary N) is 1. The van der Waals surface area contributed by atoms with Crippen molar-refractivity contribution in [3.63, 3.8) is 0 Å². The third-order valence-electron chi connectivity index (χ3n) is 3.68. The van der Waals surface area contributed by atoms with E-state index in [9.17, 15) is 10.1 Å². The molecular formula is C16H12N6OS. The average Bonchev–Trinajstić information content (AvgIpc) is 3.31. The first-order chi connectivity index (χ1) is 11.8. The van der Waals surface area contributed by atoms with E-state index in [-0.39, 0.29) is 5.91 Å². The molecule has 8 heteroatoms. The predicted octanol–water partition coefficient (Wildman–Crippen LogP) is 2.30. The normalized spacial score (nSPS) is 12.6. The number of benzene rings is 1. The Hall–Kier alpha value is -3.05. The molecule has 1 N–H and O–H groups in total. The molecule has 0 radical (unpaired) electrons. The number of imidazole rings is 1. The summed E-state index contributed by atoms with van der Waals surface area (Å²) in [5.74, 6) is 0.863. The van der Waals surface area contributed by atoms with Crippen LogP contribution in [0.1, 0.15) is 16.1 Å². The number of rotatable bonds is 3. The van der Waals surface area contributed by atoms with E-state index in [2.05, 4.69) is 21.5 Å². The zero-order valence-electron chi connectivity index (χ0n) is 12.5. The second-order valence-corrected chi connectivity index (χ2v) is 6.23. The number of hydrogen-bond donors (Lipinski definition) is 1. The number of thioether (sulfide) groups is 1. The number of carbonyl (C=O) groups excluding carboxylic acids is 1. The van der Waals surface area contributed by atoms with Crippen LogP contribution in [0, 0.1) is 11.3 Å². The molecule has 0 bridgehead atoms. The maximum Gasteiger partial charge on any atom is 0.260 e. The van der Waals surface area contributed by atoms with Gasteiger partial charge in [-0.05, 0) is 12.1 Å². The average molecular weight is 336 g/mol. The molecule has 0 unspecified atom stereocenters. The number of hydrogen-bond acceptors (Lipinski definition) is 5. The van der Waals surface area contributed by atoms with Gasteiger partial charge in [-0.25, -0.2) is 9.67 Å². The molecule has 0 fully saturated rings. The predicted molar refractivity (Wildman–Crippen MR) is 89.2 cm³/mol. The Morgan fingerprint density at radius 1 is 1.33 bits per heavy atom. The van der Waals surface area contributed by atoms with Crippen molar-refractivity contribution in [3.8, 4) is 11.8 Å². The van der Waals surface area contributed by atoms with Gasteiger partial charge in [-0.2, -0.15) is 10.4 Å². The van der Waals surface area contributed by atoms with Gasteiger partial charge in [-0.15, -0.1) is 0 Å². The summed E-state index contributed by atoms with van der Waals surface area (Å²) in [6, 6.07) is 11.6. The Kier molecular flexibility index (Phi) is 3.55. The molecule has 4 rings (SSSR count). The standard InChI is InChI=1S/C16H12N6OS/c17-8-13-14(20-16-21(13)6-7-24-16)19-15(23)11-9-18-22(10-11)12-4-2-1-3-5-12/h1-5,9-10H,6-7H2,(H,19,23). The van der Waals surface area contributed by atoms with Crippen LogP contribution in [-0.2, 0) is 6.54 Å². The largest absolute Gasteiger partial charge is 0.308 e. The van der Waals surface area contributed by atoms with Crippen LogP contribution in [0.3, 0.4) is 0 Å². The van der Waals surface area contributed by atoms with E-state index in [1.165, 1.54) is 6.20 Å². The summed E-state index contributed by atoms with van der Waals surface area (Å²) in [7, 11) is 0. The summed E-state index contributed by atoms with van der Waals surface area (Å²) in [5, 5.41) is 17.0. The van der Waals surface area contributed by atoms with Crippen molar-refractivity contribution in [3.05, 3.63) is 54.0 Å². The maximum atomic E-state index is 12.4. The van der Waals surface area contributed by atoms with Gasteiger partial charge >= 0.3 is 0 Å². The fourth-order valence-electron chi connectivity index (χ4n) is 2.52. The van der Waals surface area contributed by atoms with Crippen molar-refractivity contribution in [2.24, 2.45) is 0 Å². The molecule has 0 saturated carbocycles. The van der Waals surface area contributed by atoms with Crippen molar-refractivity contribution in [2.75, 3.05) is 11.1 Å². The third-order valence-corrected chi connectivity index (χ3v) is 4.64. The van der Waals surface area contributed by atoms with Crippen LogP contribution in [0.4, 0.5) is 5.82 Å². The molecule has 1 aromatic carbocycles. The Morgan fingerprint density at radius 2 is 2.17 bits per heavy atom. The fraction of sp³-hybridized carbons (Fsp3) is 0.125. The summed E-state index contributed by atoms with van der Waals surface area (Å²) in [4.78, 5) is 16.8. The zero-order chi connectivity index (χ0) is 16.5. The number of anilines is 1. The van der Waals surface area contributed by atoms with Crippen molar-refractivity contribution in [1.82, 2.24) is 19.3 Å². The highest BCUT2D eigenvalue weighted by molar-refractivity contribution is 7.99. The molecular weight excluding hydrogens is 324 g/mol. The highest BCUT2D eigenvalue weighted by atomic mass is 32.2. The molecule has 0 aliphatic carbocycles. The van der Waals surface area contributed by atoms with Gasteiger partial charge in [0.2, 0.25) is 0 Å². The maximum absolute atomic E-state index is 12.4. The van der Waals surface area contributed by atoms with Gasteiger partial charge in [0.15, 0.2) is 16.7 Å². The minimum Gasteiger partial charge on any atom is -0.308 e. The Morgan fingerprint density at radius 3 is 2.96 bits per heavy atom. The van der Waals surface area contributed by atoms with Crippen molar-refractivity contribution in [1.29, 1.82) is 5.26 Å². The molecule has 0 atom stereocenters. The zero-order valence-corrected chi connectivity index (χ0v) is 13.3. The van der Waals surface area contributed by atoms with E-state index in [0.717, 1.165) is 23.1 Å². The quantitative estimate of drug-likeness (QED) is 0.793. The Balaban J connectivity index is 1.58. The minimum atomic E-state index is -0.338. The number of fused-ring (bicyclic) bond motifs is 1. The van der Waals surface area contributed by atoms with Crippen LogP contribution in [0.25, 0.3) is 5.69 Å². The van der Waals surface area contributed by atoms with E-state index in [1.54, 1.807) is 22.6 Å². The van der Waals surface area contributed by atoms with Gasteiger partial charge in [-0.1, -0.05) is 30.0 Å². The van der Waals surface area contributed by atoms with Crippen molar-refractivity contribution < 1.29 is 4.79 Å². The fourth-order valence-corrected chi connectivity index (χ4v) is 3.47. The second-order valence-electron chi connectivity index (χ2n) is 5.17. The molecule has 1 aliphatic heterocycles. The Bertz CT molecular complexity index is 953. The summed E-state index contributed by atoms with van der Waals surface area (Å²) in [5.41, 5.74) is 1.66. The number of amides is 1. The first kappa shape index (κ1) is 14.5. The first-order valence-corrected chi connectivity index (χ1v) is 8.29. The summed E-state index contributed by atoms with van der Waals surface area (Å²) >= 11 is 1.58. The number of nitriles is 1. The van der Waals surface area contributed by atoms with Crippen LogP contribution >= 0.6 is 11.8 Å². The minimum absolute atomic E-state index is 0.303. The lowest BCUT2D eigenvalue weighted by atomic mass is 10.3. The van der Waals surface area contributed by atoms with E-state index in [4.69, 9.17) is 0 Å². The molecule has 3 aromatic rings. The van der Waals surface area contributed by atoms with E-state index < -0.39 is 0 Å². The Labute approximate surface area is 141 Å². The number of carbonyl (C=O) groups is 1.